The summed E-state index contributed by atoms with van der Waals surface area (Å²) in [7, 11) is 0. The average molecular weight is 273 g/mol. The second-order valence-corrected chi connectivity index (χ2v) is 5.36. The predicted octanol–water partition coefficient (Wildman–Crippen LogP) is 0.911. The van der Waals surface area contributed by atoms with Gasteiger partial charge in [0.1, 0.15) is 12.5 Å². The molecule has 0 saturated carbocycles. The molecule has 0 aromatic carbocycles. The maximum Gasteiger partial charge on any atom is 0.251 e. The first-order valence-corrected chi connectivity index (χ1v) is 6.42. The van der Waals surface area contributed by atoms with Crippen LogP contribution >= 0.6 is 0 Å². The Morgan fingerprint density at radius 2 is 2.35 bits per heavy atom. The quantitative estimate of drug-likeness (QED) is 0.854. The number of nitrogens with zero attached hydrogens (tertiary/aromatic N) is 3. The molecule has 2 heterocycles. The Morgan fingerprint density at radius 3 is 3.00 bits per heavy atom. The molecule has 0 atom stereocenters. The molecule has 0 aliphatic carbocycles. The van der Waals surface area contributed by atoms with Gasteiger partial charge in [-0.3, -0.25) is 9.79 Å². The van der Waals surface area contributed by atoms with Gasteiger partial charge in [-0.25, -0.2) is 4.98 Å². The van der Waals surface area contributed by atoms with E-state index in [0.717, 1.165) is 0 Å². The van der Waals surface area contributed by atoms with Crippen LogP contribution in [0.1, 0.15) is 24.2 Å². The van der Waals surface area contributed by atoms with Crippen molar-refractivity contribution in [3.63, 3.8) is 0 Å². The molecule has 106 valence electrons. The van der Waals surface area contributed by atoms with E-state index < -0.39 is 5.54 Å². The Labute approximate surface area is 118 Å². The van der Waals surface area contributed by atoms with Crippen molar-refractivity contribution >= 4 is 17.9 Å². The first kappa shape index (κ1) is 14.2. The molecule has 0 saturated heterocycles. The lowest BCUT2D eigenvalue weighted by Crippen LogP contribution is -2.45. The maximum absolute atomic E-state index is 12.1. The highest BCUT2D eigenvalue weighted by atomic mass is 16.1. The predicted molar refractivity (Wildman–Crippen MR) is 79.8 cm³/mol. The van der Waals surface area contributed by atoms with Crippen molar-refractivity contribution < 1.29 is 4.79 Å². The van der Waals surface area contributed by atoms with Gasteiger partial charge in [0.25, 0.3) is 5.91 Å². The molecule has 2 rings (SSSR count). The minimum absolute atomic E-state index is 0.156. The number of carbonyl (C=O) groups is 1. The van der Waals surface area contributed by atoms with E-state index in [9.17, 15) is 4.79 Å². The number of hydrogen-bond donors (Lipinski definition) is 2. The van der Waals surface area contributed by atoms with Crippen LogP contribution in [0.4, 0.5) is 5.82 Å². The van der Waals surface area contributed by atoms with Gasteiger partial charge in [0.2, 0.25) is 0 Å². The van der Waals surface area contributed by atoms with Crippen LogP contribution in [0.15, 0.2) is 35.6 Å². The molecular weight excluding hydrogens is 254 g/mol. The molecule has 1 aromatic rings. The SMILES string of the molecule is CC(C)(N)CNC(=O)c1ccnc(N2C=CC=NC2)c1. The molecule has 0 radical (unpaired) electrons. The molecule has 3 N–H and O–H groups in total. The molecule has 0 spiro atoms. The molecule has 1 aliphatic heterocycles. The van der Waals surface area contributed by atoms with Crippen molar-refractivity contribution in [1.29, 1.82) is 0 Å². The number of anilines is 1. The van der Waals surface area contributed by atoms with Gasteiger partial charge in [0, 0.05) is 36.3 Å². The number of nitrogens with two attached hydrogens (primary N) is 1. The van der Waals surface area contributed by atoms with E-state index in [0.29, 0.717) is 24.6 Å². The summed E-state index contributed by atoms with van der Waals surface area (Å²) in [6, 6.07) is 3.42. The van der Waals surface area contributed by atoms with Crippen molar-refractivity contribution in [2.75, 3.05) is 18.1 Å². The third-order valence-corrected chi connectivity index (χ3v) is 2.70. The zero-order chi connectivity index (χ0) is 14.6. The number of amides is 1. The monoisotopic (exact) mass is 273 g/mol. The van der Waals surface area contributed by atoms with Crippen molar-refractivity contribution in [3.8, 4) is 0 Å². The molecule has 6 nitrogen and oxygen atoms in total. The molecular formula is C14H19N5O. The zero-order valence-corrected chi connectivity index (χ0v) is 11.7. The maximum atomic E-state index is 12.1. The summed E-state index contributed by atoms with van der Waals surface area (Å²) in [5.74, 6) is 0.537. The lowest BCUT2D eigenvalue weighted by molar-refractivity contribution is 0.0946. The number of pyridine rings is 1. The number of rotatable bonds is 4. The van der Waals surface area contributed by atoms with E-state index in [1.54, 1.807) is 24.5 Å². The minimum atomic E-state index is -0.435. The van der Waals surface area contributed by atoms with Crippen LogP contribution in [-0.2, 0) is 0 Å². The second-order valence-electron chi connectivity index (χ2n) is 5.36. The Kier molecular flexibility index (Phi) is 4.14. The molecule has 6 heteroatoms. The average Bonchev–Trinajstić information content (AvgIpc) is 2.45. The van der Waals surface area contributed by atoms with E-state index in [-0.39, 0.29) is 5.91 Å². The van der Waals surface area contributed by atoms with Gasteiger partial charge in [-0.15, -0.1) is 0 Å². The summed E-state index contributed by atoms with van der Waals surface area (Å²) in [4.78, 5) is 22.3. The second kappa shape index (κ2) is 5.83. The smallest absolute Gasteiger partial charge is 0.251 e. The number of aromatic nitrogens is 1. The molecule has 1 aromatic heterocycles. The lowest BCUT2D eigenvalue weighted by atomic mass is 10.1. The largest absolute Gasteiger partial charge is 0.350 e. The van der Waals surface area contributed by atoms with E-state index in [2.05, 4.69) is 15.3 Å². The van der Waals surface area contributed by atoms with Crippen molar-refractivity contribution in [2.45, 2.75) is 19.4 Å². The van der Waals surface area contributed by atoms with Crippen molar-refractivity contribution in [3.05, 3.63) is 36.2 Å². The number of hydrogen-bond acceptors (Lipinski definition) is 5. The molecule has 0 bridgehead atoms. The van der Waals surface area contributed by atoms with Gasteiger partial charge < -0.3 is 16.0 Å². The van der Waals surface area contributed by atoms with Gasteiger partial charge >= 0.3 is 0 Å². The zero-order valence-electron chi connectivity index (χ0n) is 11.7. The van der Waals surface area contributed by atoms with E-state index >= 15 is 0 Å². The fourth-order valence-electron chi connectivity index (χ4n) is 1.66. The number of allylic oxidation sites excluding steroid dienone is 1. The fourth-order valence-corrected chi connectivity index (χ4v) is 1.66. The third kappa shape index (κ3) is 3.89. The summed E-state index contributed by atoms with van der Waals surface area (Å²) in [5.41, 5.74) is 5.97. The third-order valence-electron chi connectivity index (χ3n) is 2.70. The number of aliphatic imine (C=N–C) groups is 1. The number of carbonyl (C=O) groups excluding carboxylic acids is 1. The summed E-state index contributed by atoms with van der Waals surface area (Å²) in [6.45, 7) is 4.64. The van der Waals surface area contributed by atoms with Crippen LogP contribution in [0.25, 0.3) is 0 Å². The summed E-state index contributed by atoms with van der Waals surface area (Å²) >= 11 is 0. The highest BCUT2D eigenvalue weighted by molar-refractivity contribution is 5.94. The fraction of sp³-hybridized carbons (Fsp3) is 0.357. The van der Waals surface area contributed by atoms with Crippen LogP contribution in [-0.4, -0.2) is 35.9 Å². The van der Waals surface area contributed by atoms with Crippen LogP contribution in [0.2, 0.25) is 0 Å². The van der Waals surface area contributed by atoms with E-state index in [4.69, 9.17) is 5.73 Å². The first-order valence-electron chi connectivity index (χ1n) is 6.42. The molecule has 0 fully saturated rings. The van der Waals surface area contributed by atoms with Gasteiger partial charge in [0.05, 0.1) is 0 Å². The highest BCUT2D eigenvalue weighted by Crippen LogP contribution is 2.14. The Balaban J connectivity index is 2.07. The van der Waals surface area contributed by atoms with Gasteiger partial charge in [-0.2, -0.15) is 0 Å². The lowest BCUT2D eigenvalue weighted by Gasteiger charge is -2.20. The van der Waals surface area contributed by atoms with Crippen LogP contribution in [0.5, 0.6) is 0 Å². The van der Waals surface area contributed by atoms with Crippen molar-refractivity contribution in [2.24, 2.45) is 10.7 Å². The number of nitrogens with one attached hydrogen (secondary N) is 1. The minimum Gasteiger partial charge on any atom is -0.350 e. The topological polar surface area (TPSA) is 83.6 Å². The van der Waals surface area contributed by atoms with Gasteiger partial charge in [0.15, 0.2) is 0 Å². The van der Waals surface area contributed by atoms with Gasteiger partial charge in [-0.1, -0.05) is 0 Å². The molecule has 0 unspecified atom stereocenters. The Bertz CT molecular complexity index is 545. The van der Waals surface area contributed by atoms with Crippen LogP contribution < -0.4 is 16.0 Å². The van der Waals surface area contributed by atoms with E-state index in [1.807, 2.05) is 31.0 Å². The van der Waals surface area contributed by atoms with Crippen LogP contribution in [0, 0.1) is 0 Å². The Hall–Kier alpha value is -2.21. The van der Waals surface area contributed by atoms with Crippen LogP contribution in [0.3, 0.4) is 0 Å². The standard InChI is InChI=1S/C14H19N5O/c1-14(2,15)9-18-13(20)11-4-6-17-12(8-11)19-7-3-5-16-10-19/h3-8H,9-10,15H2,1-2H3,(H,18,20). The molecule has 20 heavy (non-hydrogen) atoms. The van der Waals surface area contributed by atoms with Gasteiger partial charge in [-0.05, 0) is 32.1 Å². The highest BCUT2D eigenvalue weighted by Gasteiger charge is 2.14. The summed E-state index contributed by atoms with van der Waals surface area (Å²) < 4.78 is 0. The normalized spacial score (nSPS) is 14.4. The van der Waals surface area contributed by atoms with E-state index in [1.165, 1.54) is 0 Å². The Morgan fingerprint density at radius 1 is 1.55 bits per heavy atom. The first-order chi connectivity index (χ1) is 9.46. The van der Waals surface area contributed by atoms with Crippen molar-refractivity contribution in [1.82, 2.24) is 10.3 Å². The molecule has 1 amide bonds. The summed E-state index contributed by atoms with van der Waals surface area (Å²) in [5, 5.41) is 2.81. The molecule has 1 aliphatic rings. The summed E-state index contributed by atoms with van der Waals surface area (Å²) in [6.07, 6.45) is 7.05.